The Hall–Kier alpha value is -1.22. The number of Topliss-reactive ketones (excluding diaryl/α,β-unsaturated/α-hetero) is 1. The number of carbonyl (C=O) groups is 1. The van der Waals surface area contributed by atoms with Crippen molar-refractivity contribution < 1.29 is 9.18 Å². The number of fused-ring (bicyclic) bond motifs is 2. The van der Waals surface area contributed by atoms with Crippen molar-refractivity contribution in [2.45, 2.75) is 44.7 Å². The van der Waals surface area contributed by atoms with E-state index in [4.69, 9.17) is 0 Å². The minimum absolute atomic E-state index is 0.145. The van der Waals surface area contributed by atoms with Gasteiger partial charge < -0.3 is 5.32 Å². The van der Waals surface area contributed by atoms with E-state index in [9.17, 15) is 9.18 Å². The minimum Gasteiger partial charge on any atom is -0.310 e. The molecule has 2 aliphatic rings. The summed E-state index contributed by atoms with van der Waals surface area (Å²) in [6.45, 7) is 1.93. The van der Waals surface area contributed by atoms with Crippen molar-refractivity contribution in [1.29, 1.82) is 0 Å². The van der Waals surface area contributed by atoms with Gasteiger partial charge in [-0.1, -0.05) is 6.07 Å². The number of benzene rings is 1. The van der Waals surface area contributed by atoms with Crippen molar-refractivity contribution in [2.24, 2.45) is 5.92 Å². The highest BCUT2D eigenvalue weighted by molar-refractivity contribution is 5.84. The maximum Gasteiger partial charge on any atom is 0.141 e. The Balaban J connectivity index is 1.72. The number of halogens is 1. The summed E-state index contributed by atoms with van der Waals surface area (Å²) >= 11 is 0. The molecule has 0 amide bonds. The molecular formula is C15H18FNO. The van der Waals surface area contributed by atoms with Crippen LogP contribution in [0.2, 0.25) is 0 Å². The molecule has 0 saturated carbocycles. The molecule has 2 bridgehead atoms. The van der Waals surface area contributed by atoms with Gasteiger partial charge in [0.2, 0.25) is 0 Å². The average Bonchev–Trinajstić information content (AvgIpc) is 2.96. The molecule has 3 unspecified atom stereocenters. The first-order chi connectivity index (χ1) is 8.63. The van der Waals surface area contributed by atoms with Gasteiger partial charge in [0.1, 0.15) is 11.6 Å². The Labute approximate surface area is 107 Å². The zero-order chi connectivity index (χ0) is 12.7. The van der Waals surface area contributed by atoms with Gasteiger partial charge in [0.15, 0.2) is 0 Å². The van der Waals surface area contributed by atoms with Crippen LogP contribution in [-0.2, 0) is 11.2 Å². The fraction of sp³-hybridized carbons (Fsp3) is 0.533. The van der Waals surface area contributed by atoms with E-state index in [2.05, 4.69) is 5.32 Å². The standard InChI is InChI=1S/C15H18FNO/c1-9-2-3-11(16)6-10(9)7-15(18)13-8-12-4-5-14(13)17-12/h2-3,6,12-14,17H,4-5,7-8H2,1H3. The molecule has 0 spiro atoms. The largest absolute Gasteiger partial charge is 0.310 e. The average molecular weight is 247 g/mol. The molecule has 2 heterocycles. The maximum atomic E-state index is 13.2. The van der Waals surface area contributed by atoms with E-state index < -0.39 is 0 Å². The van der Waals surface area contributed by atoms with Gasteiger partial charge in [0, 0.05) is 24.4 Å². The number of ketones is 1. The van der Waals surface area contributed by atoms with Crippen molar-refractivity contribution >= 4 is 5.78 Å². The molecule has 3 atom stereocenters. The Morgan fingerprint density at radius 1 is 1.44 bits per heavy atom. The lowest BCUT2D eigenvalue weighted by molar-refractivity contribution is -0.122. The first-order valence-electron chi connectivity index (χ1n) is 6.67. The lowest BCUT2D eigenvalue weighted by Gasteiger charge is -2.19. The Kier molecular flexibility index (Phi) is 2.94. The van der Waals surface area contributed by atoms with Crippen molar-refractivity contribution in [2.75, 3.05) is 0 Å². The maximum absolute atomic E-state index is 13.2. The predicted octanol–water partition coefficient (Wildman–Crippen LogP) is 2.39. The van der Waals surface area contributed by atoms with Crippen LogP contribution in [0.3, 0.4) is 0 Å². The SMILES string of the molecule is Cc1ccc(F)cc1CC(=O)C1CC2CCC1N2. The van der Waals surface area contributed by atoms with Crippen LogP contribution in [0.25, 0.3) is 0 Å². The van der Waals surface area contributed by atoms with Crippen LogP contribution < -0.4 is 5.32 Å². The minimum atomic E-state index is -0.255. The number of hydrogen-bond donors (Lipinski definition) is 1. The van der Waals surface area contributed by atoms with E-state index >= 15 is 0 Å². The molecule has 2 fully saturated rings. The van der Waals surface area contributed by atoms with Gasteiger partial charge in [-0.15, -0.1) is 0 Å². The molecular weight excluding hydrogens is 229 g/mol. The van der Waals surface area contributed by atoms with E-state index in [1.807, 2.05) is 6.92 Å². The number of nitrogens with one attached hydrogen (secondary N) is 1. The Morgan fingerprint density at radius 2 is 2.28 bits per heavy atom. The van der Waals surface area contributed by atoms with Crippen LogP contribution in [0.4, 0.5) is 4.39 Å². The van der Waals surface area contributed by atoms with E-state index in [0.717, 1.165) is 24.0 Å². The first kappa shape index (κ1) is 11.8. The van der Waals surface area contributed by atoms with Gasteiger partial charge >= 0.3 is 0 Å². The highest BCUT2D eigenvalue weighted by Gasteiger charge is 2.42. The second-order valence-electron chi connectivity index (χ2n) is 5.60. The molecule has 1 aromatic carbocycles. The van der Waals surface area contributed by atoms with Gasteiger partial charge in [0.05, 0.1) is 0 Å². The fourth-order valence-corrected chi connectivity index (χ4v) is 3.33. The molecule has 3 heteroatoms. The second-order valence-corrected chi connectivity index (χ2v) is 5.60. The fourth-order valence-electron chi connectivity index (χ4n) is 3.33. The zero-order valence-corrected chi connectivity index (χ0v) is 10.6. The third-order valence-corrected chi connectivity index (χ3v) is 4.39. The van der Waals surface area contributed by atoms with Crippen LogP contribution in [0.5, 0.6) is 0 Å². The summed E-state index contributed by atoms with van der Waals surface area (Å²) in [5.74, 6) is 0.157. The summed E-state index contributed by atoms with van der Waals surface area (Å²) in [6.07, 6.45) is 3.66. The normalized spacial score (nSPS) is 29.8. The number of rotatable bonds is 3. The molecule has 96 valence electrons. The van der Waals surface area contributed by atoms with E-state index in [0.29, 0.717) is 18.5 Å². The molecule has 18 heavy (non-hydrogen) atoms. The summed E-state index contributed by atoms with van der Waals surface area (Å²) in [7, 11) is 0. The van der Waals surface area contributed by atoms with Crippen LogP contribution >= 0.6 is 0 Å². The van der Waals surface area contributed by atoms with Crippen molar-refractivity contribution in [1.82, 2.24) is 5.32 Å². The lowest BCUT2D eigenvalue weighted by Crippen LogP contribution is -2.29. The summed E-state index contributed by atoms with van der Waals surface area (Å²) in [5, 5.41) is 3.48. The van der Waals surface area contributed by atoms with Crippen molar-refractivity contribution in [3.8, 4) is 0 Å². The molecule has 1 aromatic rings. The molecule has 2 aliphatic heterocycles. The lowest BCUT2D eigenvalue weighted by atomic mass is 9.83. The zero-order valence-electron chi connectivity index (χ0n) is 10.6. The Bertz CT molecular complexity index is 485. The molecule has 0 radical (unpaired) electrons. The summed E-state index contributed by atoms with van der Waals surface area (Å²) in [4.78, 5) is 12.3. The molecule has 1 N–H and O–H groups in total. The summed E-state index contributed by atoms with van der Waals surface area (Å²) in [5.41, 5.74) is 1.84. The molecule has 2 saturated heterocycles. The second kappa shape index (κ2) is 4.47. The molecule has 2 nitrogen and oxygen atoms in total. The smallest absolute Gasteiger partial charge is 0.141 e. The van der Waals surface area contributed by atoms with Crippen LogP contribution in [0.1, 0.15) is 30.4 Å². The Morgan fingerprint density at radius 3 is 2.94 bits per heavy atom. The van der Waals surface area contributed by atoms with E-state index in [1.165, 1.54) is 18.6 Å². The molecule has 0 aliphatic carbocycles. The van der Waals surface area contributed by atoms with Crippen molar-refractivity contribution in [3.05, 3.63) is 35.1 Å². The van der Waals surface area contributed by atoms with E-state index in [1.54, 1.807) is 6.07 Å². The summed E-state index contributed by atoms with van der Waals surface area (Å²) < 4.78 is 13.2. The van der Waals surface area contributed by atoms with Crippen LogP contribution in [0.15, 0.2) is 18.2 Å². The number of aryl methyl sites for hydroxylation is 1. The van der Waals surface area contributed by atoms with Gasteiger partial charge in [-0.05, 0) is 49.4 Å². The molecule has 3 rings (SSSR count). The van der Waals surface area contributed by atoms with Gasteiger partial charge in [-0.25, -0.2) is 4.39 Å². The quantitative estimate of drug-likeness (QED) is 0.888. The summed E-state index contributed by atoms with van der Waals surface area (Å²) in [6, 6.07) is 5.60. The highest BCUT2D eigenvalue weighted by atomic mass is 19.1. The third kappa shape index (κ3) is 2.07. The van der Waals surface area contributed by atoms with Crippen LogP contribution in [-0.4, -0.2) is 17.9 Å². The van der Waals surface area contributed by atoms with Gasteiger partial charge in [0.25, 0.3) is 0 Å². The van der Waals surface area contributed by atoms with Crippen molar-refractivity contribution in [3.63, 3.8) is 0 Å². The molecule has 0 aromatic heterocycles. The van der Waals surface area contributed by atoms with Gasteiger partial charge in [-0.2, -0.15) is 0 Å². The number of hydrogen-bond acceptors (Lipinski definition) is 2. The topological polar surface area (TPSA) is 29.1 Å². The van der Waals surface area contributed by atoms with Gasteiger partial charge in [-0.3, -0.25) is 4.79 Å². The monoisotopic (exact) mass is 247 g/mol. The third-order valence-electron chi connectivity index (χ3n) is 4.39. The van der Waals surface area contributed by atoms with E-state index in [-0.39, 0.29) is 17.5 Å². The van der Waals surface area contributed by atoms with Crippen LogP contribution in [0, 0.1) is 18.7 Å². The predicted molar refractivity (Wildman–Crippen MR) is 67.9 cm³/mol. The highest BCUT2D eigenvalue weighted by Crippen LogP contribution is 2.34. The number of carbonyl (C=O) groups excluding carboxylic acids is 1. The first-order valence-corrected chi connectivity index (χ1v) is 6.67.